The maximum atomic E-state index is 6.65. The minimum Gasteiger partial charge on any atom is -0.456 e. The van der Waals surface area contributed by atoms with Gasteiger partial charge >= 0.3 is 0 Å². The molecule has 21 rings (SSSR count). The number of rotatable bonds is 2. The van der Waals surface area contributed by atoms with Crippen LogP contribution < -0.4 is 16.4 Å². The Balaban J connectivity index is 0.942. The topological polar surface area (TPSA) is 36.1 Å². The highest BCUT2D eigenvalue weighted by molar-refractivity contribution is 7.00. The number of nitrogens with zero attached hydrogens (tertiary/aromatic N) is 2. The first kappa shape index (κ1) is 43.0. The molecule has 15 aromatic carbocycles. The molecular formula is C78H41BN2O2. The molecule has 0 radical (unpaired) electrons. The molecule has 0 atom stereocenters. The van der Waals surface area contributed by atoms with Gasteiger partial charge in [-0.2, -0.15) is 0 Å². The zero-order chi connectivity index (χ0) is 53.5. The number of fused-ring (bicyclic) bond motifs is 30. The second-order valence-electron chi connectivity index (χ2n) is 23.3. The van der Waals surface area contributed by atoms with E-state index in [2.05, 4.69) is 252 Å². The molecule has 0 spiro atoms. The number of aromatic nitrogens is 2. The van der Waals surface area contributed by atoms with Gasteiger partial charge in [-0.25, -0.2) is 0 Å². The highest BCUT2D eigenvalue weighted by atomic mass is 16.3. The smallest absolute Gasteiger partial charge is 0.252 e. The van der Waals surface area contributed by atoms with Crippen LogP contribution in [0, 0.1) is 0 Å². The van der Waals surface area contributed by atoms with Crippen molar-refractivity contribution in [1.82, 2.24) is 9.13 Å². The van der Waals surface area contributed by atoms with E-state index in [0.717, 1.165) is 60.6 Å². The molecule has 19 aromatic rings. The summed E-state index contributed by atoms with van der Waals surface area (Å²) in [5, 5.41) is 24.8. The Kier molecular flexibility index (Phi) is 7.83. The summed E-state index contributed by atoms with van der Waals surface area (Å²) < 4.78 is 18.5. The predicted molar refractivity (Wildman–Crippen MR) is 350 cm³/mol. The fraction of sp³-hybridized carbons (Fsp3) is 0. The summed E-state index contributed by atoms with van der Waals surface area (Å²) in [6.07, 6.45) is 0. The number of benzene rings is 15. The van der Waals surface area contributed by atoms with E-state index in [1.165, 1.54) is 142 Å². The third-order valence-electron chi connectivity index (χ3n) is 19.4. The van der Waals surface area contributed by atoms with Crippen LogP contribution in [0.25, 0.3) is 186 Å². The number of hydrogen-bond donors (Lipinski definition) is 0. The van der Waals surface area contributed by atoms with Crippen LogP contribution >= 0.6 is 0 Å². The minimum atomic E-state index is -0.122. The Bertz CT molecular complexity index is 6230. The highest BCUT2D eigenvalue weighted by Crippen LogP contribution is 2.49. The van der Waals surface area contributed by atoms with Gasteiger partial charge < -0.3 is 18.0 Å². The van der Waals surface area contributed by atoms with Gasteiger partial charge in [0, 0.05) is 70.8 Å². The first-order valence-corrected chi connectivity index (χ1v) is 28.8. The summed E-state index contributed by atoms with van der Waals surface area (Å²) in [5.74, 6) is 0. The van der Waals surface area contributed by atoms with Crippen molar-refractivity contribution in [1.29, 1.82) is 0 Å². The molecule has 0 amide bonds. The standard InChI is InChI=1S/C78H41BN2O2/c1-3-18-50-46(14-1)49-17-6-8-23-57(49)73-58(50)33-34-59-61-37-45(44-29-32-55-53-21-10-12-27-69(53)83-71(55)40-44)38-63-76(61)81(77(59)73)67-25-13-24-66-75(67)79(63)64-41-60-51-19-4-2-15-47(51)48-16-5-7-22-56(48)72(60)74-62-36-42(30-35-65(62)80(66)78(64)74)43-28-31-54-52-20-9-11-26-68(52)82-70(54)39-43/h1-41H. The molecule has 378 valence electrons. The lowest BCUT2D eigenvalue weighted by molar-refractivity contribution is 0.668. The normalized spacial score (nSPS) is 13.0. The quantitative estimate of drug-likeness (QED) is 0.128. The van der Waals surface area contributed by atoms with E-state index < -0.39 is 0 Å². The number of para-hydroxylation sites is 2. The van der Waals surface area contributed by atoms with E-state index in [4.69, 9.17) is 8.83 Å². The second kappa shape index (κ2) is 15.1. The van der Waals surface area contributed by atoms with Crippen molar-refractivity contribution in [2.75, 3.05) is 0 Å². The lowest BCUT2D eigenvalue weighted by Gasteiger charge is -2.34. The number of hydrogen-bond acceptors (Lipinski definition) is 2. The molecule has 6 heterocycles. The first-order valence-electron chi connectivity index (χ1n) is 28.8. The van der Waals surface area contributed by atoms with Gasteiger partial charge in [-0.3, -0.25) is 0 Å². The molecule has 0 unspecified atom stereocenters. The molecule has 0 aliphatic carbocycles. The average molecular weight is 1050 g/mol. The largest absolute Gasteiger partial charge is 0.456 e. The fourth-order valence-corrected chi connectivity index (χ4v) is 16.1. The molecule has 5 heteroatoms. The fourth-order valence-electron chi connectivity index (χ4n) is 16.1. The average Bonchev–Trinajstić information content (AvgIpc) is 1.77. The van der Waals surface area contributed by atoms with E-state index in [1.807, 2.05) is 6.07 Å². The lowest BCUT2D eigenvalue weighted by Crippen LogP contribution is -2.59. The molecule has 2 aliphatic rings. The van der Waals surface area contributed by atoms with Gasteiger partial charge in [-0.05, 0) is 159 Å². The Morgan fingerprint density at radius 3 is 1.33 bits per heavy atom. The van der Waals surface area contributed by atoms with E-state index >= 15 is 0 Å². The number of furan rings is 2. The summed E-state index contributed by atoms with van der Waals surface area (Å²) in [7, 11) is 0. The predicted octanol–water partition coefficient (Wildman–Crippen LogP) is 19.1. The SMILES string of the molecule is c1cc2c3c(c1)-n1c4c(cc(-c5ccc6c(c5)oc5ccccc56)cc4c4ccc5c6ccccc6c6ccccc6c5c41)B3c1cc3c4ccccc4c4ccccc4c3c3c4cc(-c5ccc6c(c5)oc5ccccc56)ccc4n-2c13. The molecule has 0 bridgehead atoms. The van der Waals surface area contributed by atoms with Crippen molar-refractivity contribution >= 4 is 175 Å². The van der Waals surface area contributed by atoms with Gasteiger partial charge in [0.2, 0.25) is 0 Å². The van der Waals surface area contributed by atoms with E-state index in [1.54, 1.807) is 0 Å². The van der Waals surface area contributed by atoms with Crippen molar-refractivity contribution in [3.8, 4) is 33.6 Å². The van der Waals surface area contributed by atoms with Crippen molar-refractivity contribution < 1.29 is 8.83 Å². The molecule has 0 N–H and O–H groups in total. The van der Waals surface area contributed by atoms with Crippen molar-refractivity contribution in [2.45, 2.75) is 0 Å². The maximum Gasteiger partial charge on any atom is 0.252 e. The summed E-state index contributed by atoms with van der Waals surface area (Å²) in [6.45, 7) is -0.122. The van der Waals surface area contributed by atoms with E-state index in [0.29, 0.717) is 0 Å². The van der Waals surface area contributed by atoms with Crippen LogP contribution in [-0.4, -0.2) is 15.8 Å². The maximum absolute atomic E-state index is 6.65. The Labute approximate surface area is 472 Å². The molecular weight excluding hydrogens is 1010 g/mol. The van der Waals surface area contributed by atoms with Gasteiger partial charge in [0.25, 0.3) is 6.71 Å². The zero-order valence-corrected chi connectivity index (χ0v) is 44.5. The van der Waals surface area contributed by atoms with Crippen LogP contribution in [-0.2, 0) is 0 Å². The summed E-state index contributed by atoms with van der Waals surface area (Å²) >= 11 is 0. The Hall–Kier alpha value is -10.9. The van der Waals surface area contributed by atoms with Crippen LogP contribution in [0.1, 0.15) is 0 Å². The van der Waals surface area contributed by atoms with Gasteiger partial charge in [0.15, 0.2) is 0 Å². The van der Waals surface area contributed by atoms with Gasteiger partial charge in [-0.1, -0.05) is 182 Å². The third kappa shape index (κ3) is 5.30. The summed E-state index contributed by atoms with van der Waals surface area (Å²) in [6, 6.07) is 93.3. The molecule has 0 saturated heterocycles. The van der Waals surface area contributed by atoms with Crippen LogP contribution in [0.2, 0.25) is 0 Å². The molecule has 0 saturated carbocycles. The van der Waals surface area contributed by atoms with Crippen molar-refractivity contribution in [3.63, 3.8) is 0 Å². The van der Waals surface area contributed by atoms with E-state index in [-0.39, 0.29) is 6.71 Å². The van der Waals surface area contributed by atoms with Crippen LogP contribution in [0.3, 0.4) is 0 Å². The van der Waals surface area contributed by atoms with Gasteiger partial charge in [0.05, 0.1) is 16.6 Å². The van der Waals surface area contributed by atoms with Crippen LogP contribution in [0.4, 0.5) is 0 Å². The lowest BCUT2D eigenvalue weighted by atomic mass is 9.34. The molecule has 4 aromatic heterocycles. The Morgan fingerprint density at radius 2 is 0.687 bits per heavy atom. The molecule has 2 aliphatic heterocycles. The van der Waals surface area contributed by atoms with Crippen LogP contribution in [0.5, 0.6) is 0 Å². The third-order valence-corrected chi connectivity index (χ3v) is 19.4. The first-order chi connectivity index (χ1) is 41.2. The summed E-state index contributed by atoms with van der Waals surface area (Å²) in [5.41, 5.74) is 19.5. The monoisotopic (exact) mass is 1050 g/mol. The second-order valence-corrected chi connectivity index (χ2v) is 23.3. The van der Waals surface area contributed by atoms with Crippen molar-refractivity contribution in [3.05, 3.63) is 249 Å². The van der Waals surface area contributed by atoms with Gasteiger partial charge in [0.1, 0.15) is 22.3 Å². The van der Waals surface area contributed by atoms with Gasteiger partial charge in [-0.15, -0.1) is 0 Å². The minimum absolute atomic E-state index is 0.122. The summed E-state index contributed by atoms with van der Waals surface area (Å²) in [4.78, 5) is 0. The molecule has 0 fully saturated rings. The Morgan fingerprint density at radius 1 is 0.241 bits per heavy atom. The highest BCUT2D eigenvalue weighted by Gasteiger charge is 2.42. The molecule has 83 heavy (non-hydrogen) atoms. The van der Waals surface area contributed by atoms with Crippen molar-refractivity contribution in [2.24, 2.45) is 0 Å². The van der Waals surface area contributed by atoms with E-state index in [9.17, 15) is 0 Å². The zero-order valence-electron chi connectivity index (χ0n) is 44.5. The molecule has 4 nitrogen and oxygen atoms in total. The van der Waals surface area contributed by atoms with Crippen LogP contribution in [0.15, 0.2) is 258 Å².